The minimum Gasteiger partial charge on any atom is -0.388 e. The molecule has 112 valence electrons. The molecule has 0 unspecified atom stereocenters. The summed E-state index contributed by atoms with van der Waals surface area (Å²) in [6, 6.07) is 12.1. The first-order valence-electron chi connectivity index (χ1n) is 7.31. The van der Waals surface area contributed by atoms with Crippen LogP contribution in [0.25, 0.3) is 22.2 Å². The number of ketones is 1. The molecule has 3 aromatic rings. The molecule has 2 N–H and O–H groups in total. The molecule has 0 fully saturated rings. The highest BCUT2D eigenvalue weighted by Gasteiger charge is 2.09. The van der Waals surface area contributed by atoms with Crippen LogP contribution < -0.4 is 0 Å². The van der Waals surface area contributed by atoms with Crippen LogP contribution >= 0.6 is 0 Å². The van der Waals surface area contributed by atoms with Gasteiger partial charge in [0, 0.05) is 22.8 Å². The molecule has 2 aromatic heterocycles. The summed E-state index contributed by atoms with van der Waals surface area (Å²) < 4.78 is 0. The Balaban J connectivity index is 1.99. The van der Waals surface area contributed by atoms with Gasteiger partial charge in [0.05, 0.1) is 0 Å². The quantitative estimate of drug-likeness (QED) is 0.723. The number of carbonyl (C=O) groups excluding carboxylic acids is 1. The van der Waals surface area contributed by atoms with Crippen molar-refractivity contribution in [3.63, 3.8) is 0 Å². The molecule has 22 heavy (non-hydrogen) atoms. The molecule has 0 saturated heterocycles. The van der Waals surface area contributed by atoms with Crippen LogP contribution in [0.4, 0.5) is 0 Å². The van der Waals surface area contributed by atoms with Crippen LogP contribution in [0.2, 0.25) is 0 Å². The van der Waals surface area contributed by atoms with Crippen molar-refractivity contribution < 1.29 is 9.90 Å². The van der Waals surface area contributed by atoms with Crippen molar-refractivity contribution in [3.8, 4) is 11.3 Å². The average molecular weight is 294 g/mol. The van der Waals surface area contributed by atoms with Crippen LogP contribution in [0.3, 0.4) is 0 Å². The summed E-state index contributed by atoms with van der Waals surface area (Å²) >= 11 is 0. The highest BCUT2D eigenvalue weighted by atomic mass is 16.3. The van der Waals surface area contributed by atoms with E-state index in [0.717, 1.165) is 22.2 Å². The standard InChI is InChI=1S/C18H18N2O2/c1-11(2)12-3-5-13(6-4-12)15-7-14-9-19-17(18(22)10-21)8-16(14)20-15/h3-9,11,20-21H,10H2,1-2H3. The first-order valence-corrected chi connectivity index (χ1v) is 7.31. The number of aliphatic hydroxyl groups excluding tert-OH is 1. The Morgan fingerprint density at radius 1 is 1.23 bits per heavy atom. The predicted octanol–water partition coefficient (Wildman–Crippen LogP) is 3.53. The lowest BCUT2D eigenvalue weighted by molar-refractivity contribution is 0.0899. The van der Waals surface area contributed by atoms with E-state index in [0.29, 0.717) is 5.92 Å². The smallest absolute Gasteiger partial charge is 0.206 e. The maximum absolute atomic E-state index is 11.5. The van der Waals surface area contributed by atoms with Gasteiger partial charge >= 0.3 is 0 Å². The lowest BCUT2D eigenvalue weighted by Gasteiger charge is -2.05. The fraction of sp³-hybridized carbons (Fsp3) is 0.222. The largest absolute Gasteiger partial charge is 0.388 e. The van der Waals surface area contributed by atoms with E-state index >= 15 is 0 Å². The number of nitrogens with zero attached hydrogens (tertiary/aromatic N) is 1. The Labute approximate surface area is 128 Å². The van der Waals surface area contributed by atoms with Crippen LogP contribution in [-0.2, 0) is 0 Å². The van der Waals surface area contributed by atoms with Gasteiger partial charge in [0.25, 0.3) is 0 Å². The van der Waals surface area contributed by atoms with E-state index in [4.69, 9.17) is 5.11 Å². The second kappa shape index (κ2) is 5.73. The number of aliphatic hydroxyl groups is 1. The van der Waals surface area contributed by atoms with E-state index < -0.39 is 6.61 Å². The first kappa shape index (κ1) is 14.5. The van der Waals surface area contributed by atoms with E-state index in [1.54, 1.807) is 12.3 Å². The number of aromatic amines is 1. The number of hydrogen-bond donors (Lipinski definition) is 2. The molecule has 0 aliphatic carbocycles. The van der Waals surface area contributed by atoms with Crippen LogP contribution in [0.15, 0.2) is 42.6 Å². The van der Waals surface area contributed by atoms with E-state index in [1.165, 1.54) is 5.56 Å². The molecule has 4 heteroatoms. The molecule has 0 amide bonds. The summed E-state index contributed by atoms with van der Waals surface area (Å²) in [5.74, 6) is 0.132. The summed E-state index contributed by atoms with van der Waals surface area (Å²) in [5.41, 5.74) is 4.50. The number of pyridine rings is 1. The zero-order valence-electron chi connectivity index (χ0n) is 12.6. The van der Waals surface area contributed by atoms with Gasteiger partial charge in [-0.1, -0.05) is 38.1 Å². The summed E-state index contributed by atoms with van der Waals surface area (Å²) in [4.78, 5) is 18.9. The normalized spacial score (nSPS) is 11.3. The molecular formula is C18H18N2O2. The van der Waals surface area contributed by atoms with Crippen molar-refractivity contribution in [3.05, 3.63) is 53.9 Å². The molecule has 4 nitrogen and oxygen atoms in total. The molecule has 2 heterocycles. The van der Waals surface area contributed by atoms with Crippen molar-refractivity contribution in [2.45, 2.75) is 19.8 Å². The molecule has 0 aliphatic heterocycles. The number of rotatable bonds is 4. The number of benzene rings is 1. The highest BCUT2D eigenvalue weighted by molar-refractivity contribution is 5.98. The Kier molecular flexibility index (Phi) is 3.77. The van der Waals surface area contributed by atoms with Gasteiger partial charge in [-0.05, 0) is 29.2 Å². The van der Waals surface area contributed by atoms with Gasteiger partial charge in [0.15, 0.2) is 0 Å². The third kappa shape index (κ3) is 2.65. The topological polar surface area (TPSA) is 66.0 Å². The molecule has 3 rings (SSSR count). The third-order valence-electron chi connectivity index (χ3n) is 3.82. The van der Waals surface area contributed by atoms with Gasteiger partial charge < -0.3 is 10.1 Å². The van der Waals surface area contributed by atoms with Crippen LogP contribution in [-0.4, -0.2) is 27.5 Å². The second-order valence-electron chi connectivity index (χ2n) is 5.70. The maximum Gasteiger partial charge on any atom is 0.206 e. The minimum atomic E-state index is -0.525. The van der Waals surface area contributed by atoms with E-state index in [-0.39, 0.29) is 11.5 Å². The number of hydrogen-bond acceptors (Lipinski definition) is 3. The second-order valence-corrected chi connectivity index (χ2v) is 5.70. The van der Waals surface area contributed by atoms with Crippen LogP contribution in [0, 0.1) is 0 Å². The van der Waals surface area contributed by atoms with Gasteiger partial charge in [0.2, 0.25) is 5.78 Å². The Hall–Kier alpha value is -2.46. The van der Waals surface area contributed by atoms with Gasteiger partial charge in [-0.15, -0.1) is 0 Å². The third-order valence-corrected chi connectivity index (χ3v) is 3.82. The minimum absolute atomic E-state index is 0.276. The summed E-state index contributed by atoms with van der Waals surface area (Å²) in [6.07, 6.45) is 1.65. The van der Waals surface area contributed by atoms with Gasteiger partial charge in [-0.2, -0.15) is 0 Å². The lowest BCUT2D eigenvalue weighted by Crippen LogP contribution is -2.06. The zero-order chi connectivity index (χ0) is 15.7. The number of nitrogens with one attached hydrogen (secondary N) is 1. The molecule has 0 atom stereocenters. The monoisotopic (exact) mass is 294 g/mol. The maximum atomic E-state index is 11.5. The first-order chi connectivity index (χ1) is 10.6. The predicted molar refractivity (Wildman–Crippen MR) is 87.0 cm³/mol. The van der Waals surface area contributed by atoms with Gasteiger partial charge in [-0.3, -0.25) is 9.78 Å². The number of aromatic nitrogens is 2. The molecule has 0 bridgehead atoms. The number of H-pyrrole nitrogens is 1. The average Bonchev–Trinajstić information content (AvgIpc) is 2.97. The Morgan fingerprint density at radius 3 is 2.59 bits per heavy atom. The number of Topliss-reactive ketones (excluding diaryl/α,β-unsaturated/α-hetero) is 1. The zero-order valence-corrected chi connectivity index (χ0v) is 12.6. The van der Waals surface area contributed by atoms with E-state index in [9.17, 15) is 4.79 Å². The van der Waals surface area contributed by atoms with Crippen molar-refractivity contribution in [2.24, 2.45) is 0 Å². The molecule has 0 aliphatic rings. The van der Waals surface area contributed by atoms with Crippen LogP contribution in [0.5, 0.6) is 0 Å². The fourth-order valence-electron chi connectivity index (χ4n) is 2.46. The highest BCUT2D eigenvalue weighted by Crippen LogP contribution is 2.26. The van der Waals surface area contributed by atoms with Crippen molar-refractivity contribution in [1.29, 1.82) is 0 Å². The summed E-state index contributed by atoms with van der Waals surface area (Å²) in [7, 11) is 0. The van der Waals surface area contributed by atoms with Crippen LogP contribution in [0.1, 0.15) is 35.8 Å². The number of fused-ring (bicyclic) bond motifs is 1. The van der Waals surface area contributed by atoms with E-state index in [2.05, 4.69) is 48.1 Å². The van der Waals surface area contributed by atoms with Gasteiger partial charge in [0.1, 0.15) is 12.3 Å². The molecular weight excluding hydrogens is 276 g/mol. The Morgan fingerprint density at radius 2 is 1.95 bits per heavy atom. The SMILES string of the molecule is CC(C)c1ccc(-c2cc3cnc(C(=O)CO)cc3[nH]2)cc1. The number of carbonyl (C=O) groups is 1. The lowest BCUT2D eigenvalue weighted by atomic mass is 10.0. The summed E-state index contributed by atoms with van der Waals surface area (Å²) in [6.45, 7) is 3.81. The Bertz CT molecular complexity index is 817. The van der Waals surface area contributed by atoms with Gasteiger partial charge in [-0.25, -0.2) is 0 Å². The molecule has 0 saturated carbocycles. The molecule has 1 aromatic carbocycles. The van der Waals surface area contributed by atoms with E-state index in [1.807, 2.05) is 6.07 Å². The van der Waals surface area contributed by atoms with Crippen molar-refractivity contribution in [1.82, 2.24) is 9.97 Å². The van der Waals surface area contributed by atoms with Crippen molar-refractivity contribution >= 4 is 16.7 Å². The fourth-order valence-corrected chi connectivity index (χ4v) is 2.46. The molecule has 0 radical (unpaired) electrons. The molecule has 0 spiro atoms. The van der Waals surface area contributed by atoms with Crippen molar-refractivity contribution in [2.75, 3.05) is 6.61 Å². The summed E-state index contributed by atoms with van der Waals surface area (Å²) in [5, 5.41) is 9.86.